The van der Waals surface area contributed by atoms with Crippen LogP contribution in [0.4, 0.5) is 0 Å². The Balaban J connectivity index is 1.87. The zero-order valence-corrected chi connectivity index (χ0v) is 15.3. The van der Waals surface area contributed by atoms with Gasteiger partial charge in [0, 0.05) is 44.5 Å². The van der Waals surface area contributed by atoms with E-state index in [-0.39, 0.29) is 12.5 Å². The van der Waals surface area contributed by atoms with E-state index in [2.05, 4.69) is 21.9 Å². The van der Waals surface area contributed by atoms with Crippen molar-refractivity contribution in [2.45, 2.75) is 37.0 Å². The summed E-state index contributed by atoms with van der Waals surface area (Å²) in [5, 5.41) is 7.65. The Morgan fingerprint density at radius 2 is 2.17 bits per heavy atom. The van der Waals surface area contributed by atoms with Gasteiger partial charge in [0.05, 0.1) is 6.61 Å². The van der Waals surface area contributed by atoms with Crippen molar-refractivity contribution in [2.75, 3.05) is 46.7 Å². The van der Waals surface area contributed by atoms with Gasteiger partial charge in [-0.15, -0.1) is 0 Å². The molecule has 1 heterocycles. The number of hydrogen-bond donors (Lipinski definition) is 2. The third-order valence-corrected chi connectivity index (χ3v) is 5.61. The quantitative estimate of drug-likeness (QED) is 0.555. The highest BCUT2D eigenvalue weighted by Crippen LogP contribution is 2.28. The van der Waals surface area contributed by atoms with Crippen LogP contribution in [0.25, 0.3) is 0 Å². The number of carbonyl (C=O) groups excluding carboxylic acids is 1. The topological polar surface area (TPSA) is 66.0 Å². The van der Waals surface area contributed by atoms with E-state index in [0.717, 1.165) is 43.8 Å². The number of nitrogens with one attached hydrogen (secondary N) is 2. The maximum Gasteiger partial charge on any atom is 0.243 e. The highest BCUT2D eigenvalue weighted by Gasteiger charge is 2.25. The molecule has 1 saturated carbocycles. The lowest BCUT2D eigenvalue weighted by molar-refractivity contribution is -0.127. The van der Waals surface area contributed by atoms with E-state index < -0.39 is 0 Å². The summed E-state index contributed by atoms with van der Waals surface area (Å²) in [7, 11) is 3.52. The second-order valence-corrected chi connectivity index (χ2v) is 7.71. The molecule has 7 heteroatoms. The van der Waals surface area contributed by atoms with Crippen molar-refractivity contribution < 1.29 is 9.53 Å². The van der Waals surface area contributed by atoms with Crippen LogP contribution in [0.5, 0.6) is 0 Å². The van der Waals surface area contributed by atoms with Gasteiger partial charge < -0.3 is 20.3 Å². The number of aliphatic imine (C=N–C) groups is 1. The summed E-state index contributed by atoms with van der Waals surface area (Å²) in [6.45, 7) is 2.70. The first-order valence-corrected chi connectivity index (χ1v) is 9.72. The number of ether oxygens (including phenoxy) is 1. The van der Waals surface area contributed by atoms with Gasteiger partial charge in [0.2, 0.25) is 5.91 Å². The second kappa shape index (κ2) is 9.37. The summed E-state index contributed by atoms with van der Waals surface area (Å²) in [6, 6.07) is 0.452. The van der Waals surface area contributed by atoms with Gasteiger partial charge in [0.25, 0.3) is 0 Å². The Hall–Kier alpha value is -0.950. The normalized spacial score (nSPS) is 28.0. The molecule has 6 nitrogen and oxygen atoms in total. The molecule has 132 valence electrons. The van der Waals surface area contributed by atoms with Crippen LogP contribution < -0.4 is 10.6 Å². The maximum absolute atomic E-state index is 11.8. The molecule has 0 radical (unpaired) electrons. The molecule has 23 heavy (non-hydrogen) atoms. The molecular formula is C16H30N4O2S. The fourth-order valence-corrected chi connectivity index (χ4v) is 3.70. The van der Waals surface area contributed by atoms with Crippen molar-refractivity contribution >= 4 is 23.6 Å². The van der Waals surface area contributed by atoms with Crippen molar-refractivity contribution in [1.82, 2.24) is 15.5 Å². The maximum atomic E-state index is 11.8. The van der Waals surface area contributed by atoms with Crippen molar-refractivity contribution in [3.05, 3.63) is 0 Å². The predicted molar refractivity (Wildman–Crippen MR) is 96.0 cm³/mol. The SMILES string of the molecule is CSC1CCC(NC(=NCC(=O)N(C)C)NCC2CCOC2)C1. The van der Waals surface area contributed by atoms with Crippen LogP contribution in [0.2, 0.25) is 0 Å². The van der Waals surface area contributed by atoms with Crippen molar-refractivity contribution in [2.24, 2.45) is 10.9 Å². The van der Waals surface area contributed by atoms with Crippen LogP contribution in [0.3, 0.4) is 0 Å². The minimum absolute atomic E-state index is 0.0173. The molecule has 0 spiro atoms. The first kappa shape index (κ1) is 18.4. The number of likely N-dealkylation sites (N-methyl/N-ethyl adjacent to an activating group) is 1. The molecule has 1 aliphatic carbocycles. The lowest BCUT2D eigenvalue weighted by atomic mass is 10.1. The van der Waals surface area contributed by atoms with Gasteiger partial charge in [-0.1, -0.05) is 0 Å². The van der Waals surface area contributed by atoms with Gasteiger partial charge in [-0.2, -0.15) is 11.8 Å². The standard InChI is InChI=1S/C16H30N4O2S/c1-20(2)15(21)10-18-16(17-9-12-6-7-22-11-12)19-13-4-5-14(8-13)23-3/h12-14H,4-11H2,1-3H3,(H2,17,18,19). The highest BCUT2D eigenvalue weighted by atomic mass is 32.2. The van der Waals surface area contributed by atoms with Crippen molar-refractivity contribution in [1.29, 1.82) is 0 Å². The van der Waals surface area contributed by atoms with Crippen LogP contribution in [-0.2, 0) is 9.53 Å². The summed E-state index contributed by atoms with van der Waals surface area (Å²) < 4.78 is 5.42. The molecule has 1 aliphatic heterocycles. The fourth-order valence-electron chi connectivity index (χ4n) is 2.90. The average Bonchev–Trinajstić information content (AvgIpc) is 3.20. The molecule has 2 N–H and O–H groups in total. The molecule has 2 fully saturated rings. The molecular weight excluding hydrogens is 312 g/mol. The lowest BCUT2D eigenvalue weighted by Crippen LogP contribution is -2.45. The molecule has 1 saturated heterocycles. The van der Waals surface area contributed by atoms with E-state index in [1.54, 1.807) is 19.0 Å². The summed E-state index contributed by atoms with van der Waals surface area (Å²) in [6.07, 6.45) is 6.85. The Bertz CT molecular complexity index is 411. The Morgan fingerprint density at radius 1 is 1.35 bits per heavy atom. The molecule has 0 bridgehead atoms. The zero-order chi connectivity index (χ0) is 16.7. The third-order valence-electron chi connectivity index (χ3n) is 4.51. The van der Waals surface area contributed by atoms with Gasteiger partial charge >= 0.3 is 0 Å². The molecule has 0 aromatic carbocycles. The molecule has 0 aromatic heterocycles. The van der Waals surface area contributed by atoms with Crippen LogP contribution >= 0.6 is 11.8 Å². The predicted octanol–water partition coefficient (Wildman–Crippen LogP) is 0.930. The average molecular weight is 343 g/mol. The minimum Gasteiger partial charge on any atom is -0.381 e. The first-order valence-electron chi connectivity index (χ1n) is 8.44. The monoisotopic (exact) mass is 342 g/mol. The number of amides is 1. The van der Waals surface area contributed by atoms with Crippen LogP contribution in [-0.4, -0.2) is 74.7 Å². The molecule has 2 aliphatic rings. The number of rotatable bonds is 6. The first-order chi connectivity index (χ1) is 11.1. The number of guanidine groups is 1. The van der Waals surface area contributed by atoms with E-state index in [1.807, 2.05) is 11.8 Å². The smallest absolute Gasteiger partial charge is 0.243 e. The number of hydrogen-bond acceptors (Lipinski definition) is 4. The summed E-state index contributed by atoms with van der Waals surface area (Å²) in [4.78, 5) is 17.8. The summed E-state index contributed by atoms with van der Waals surface area (Å²) >= 11 is 1.94. The van der Waals surface area contributed by atoms with E-state index in [9.17, 15) is 4.79 Å². The highest BCUT2D eigenvalue weighted by molar-refractivity contribution is 7.99. The van der Waals surface area contributed by atoms with Gasteiger partial charge in [-0.25, -0.2) is 4.99 Å². The summed E-state index contributed by atoms with van der Waals surface area (Å²) in [5.74, 6) is 1.32. The zero-order valence-electron chi connectivity index (χ0n) is 14.5. The van der Waals surface area contributed by atoms with Gasteiger partial charge in [0.1, 0.15) is 6.54 Å². The Labute approximate surface area is 143 Å². The molecule has 0 aromatic rings. The van der Waals surface area contributed by atoms with Gasteiger partial charge in [0.15, 0.2) is 5.96 Å². The van der Waals surface area contributed by atoms with E-state index in [0.29, 0.717) is 12.0 Å². The second-order valence-electron chi connectivity index (χ2n) is 6.58. The van der Waals surface area contributed by atoms with Crippen molar-refractivity contribution in [3.8, 4) is 0 Å². The van der Waals surface area contributed by atoms with Crippen LogP contribution in [0.1, 0.15) is 25.7 Å². The Kier molecular flexibility index (Phi) is 7.49. The number of thioether (sulfide) groups is 1. The minimum atomic E-state index is 0.0173. The third kappa shape index (κ3) is 6.22. The summed E-state index contributed by atoms with van der Waals surface area (Å²) in [5.41, 5.74) is 0. The fraction of sp³-hybridized carbons (Fsp3) is 0.875. The van der Waals surface area contributed by atoms with E-state index >= 15 is 0 Å². The molecule has 3 unspecified atom stereocenters. The van der Waals surface area contributed by atoms with E-state index in [1.165, 1.54) is 12.8 Å². The molecule has 2 rings (SSSR count). The van der Waals surface area contributed by atoms with Crippen molar-refractivity contribution in [3.63, 3.8) is 0 Å². The molecule has 1 amide bonds. The largest absolute Gasteiger partial charge is 0.381 e. The Morgan fingerprint density at radius 3 is 2.78 bits per heavy atom. The van der Waals surface area contributed by atoms with Gasteiger partial charge in [-0.05, 0) is 31.9 Å². The number of carbonyl (C=O) groups is 1. The lowest BCUT2D eigenvalue weighted by Gasteiger charge is -2.19. The van der Waals surface area contributed by atoms with Gasteiger partial charge in [-0.3, -0.25) is 4.79 Å². The van der Waals surface area contributed by atoms with Crippen LogP contribution in [0, 0.1) is 5.92 Å². The molecule has 3 atom stereocenters. The number of nitrogens with zero attached hydrogens (tertiary/aromatic N) is 2. The van der Waals surface area contributed by atoms with E-state index in [4.69, 9.17) is 4.74 Å². The van der Waals surface area contributed by atoms with Crippen LogP contribution in [0.15, 0.2) is 4.99 Å².